The first-order chi connectivity index (χ1) is 14.1. The molecule has 0 radical (unpaired) electrons. The van der Waals surface area contributed by atoms with E-state index in [4.69, 9.17) is 4.42 Å². The van der Waals surface area contributed by atoms with Gasteiger partial charge in [-0.2, -0.15) is 0 Å². The highest BCUT2D eigenvalue weighted by Crippen LogP contribution is 2.31. The van der Waals surface area contributed by atoms with Crippen LogP contribution in [0.25, 0.3) is 0 Å². The topological polar surface area (TPSA) is 33.5 Å². The van der Waals surface area contributed by atoms with Crippen LogP contribution in [0.2, 0.25) is 0 Å². The van der Waals surface area contributed by atoms with Gasteiger partial charge in [0, 0.05) is 10.6 Å². The van der Waals surface area contributed by atoms with Gasteiger partial charge in [0.2, 0.25) is 0 Å². The molecule has 0 unspecified atom stereocenters. The molecular formula is C24H21NO2S2. The van der Waals surface area contributed by atoms with E-state index in [-0.39, 0.29) is 5.91 Å². The van der Waals surface area contributed by atoms with Crippen molar-refractivity contribution in [1.82, 2.24) is 0 Å². The fourth-order valence-corrected chi connectivity index (χ4v) is 4.38. The van der Waals surface area contributed by atoms with Crippen molar-refractivity contribution in [3.05, 3.63) is 99.9 Å². The Kier molecular flexibility index (Phi) is 5.88. The monoisotopic (exact) mass is 419 g/mol. The normalized spacial score (nSPS) is 10.8. The largest absolute Gasteiger partial charge is 0.453 e. The number of carbonyl (C=O) groups is 1. The Hall–Kier alpha value is -2.76. The fourth-order valence-electron chi connectivity index (χ4n) is 2.91. The summed E-state index contributed by atoms with van der Waals surface area (Å²) in [5, 5.41) is 2.74. The number of anilines is 1. The molecule has 1 amide bonds. The van der Waals surface area contributed by atoms with Gasteiger partial charge in [-0.25, -0.2) is 0 Å². The Morgan fingerprint density at radius 3 is 2.28 bits per heavy atom. The molecule has 2 aromatic heterocycles. The van der Waals surface area contributed by atoms with Gasteiger partial charge in [-0.1, -0.05) is 53.2 Å². The Balaban J connectivity index is 1.56. The molecule has 2 heterocycles. The number of furan rings is 1. The van der Waals surface area contributed by atoms with Crippen LogP contribution >= 0.6 is 23.1 Å². The molecule has 3 nitrogen and oxygen atoms in total. The van der Waals surface area contributed by atoms with E-state index in [9.17, 15) is 4.79 Å². The first-order valence-corrected chi connectivity index (χ1v) is 11.0. The van der Waals surface area contributed by atoms with Crippen molar-refractivity contribution in [3.8, 4) is 0 Å². The molecule has 0 aliphatic carbocycles. The van der Waals surface area contributed by atoms with E-state index >= 15 is 0 Å². The lowest BCUT2D eigenvalue weighted by molar-refractivity contribution is 0.0987. The third-order valence-electron chi connectivity index (χ3n) is 4.51. The minimum absolute atomic E-state index is 0.0204. The van der Waals surface area contributed by atoms with Gasteiger partial charge in [0.1, 0.15) is 5.76 Å². The van der Waals surface area contributed by atoms with Crippen LogP contribution in [0, 0.1) is 13.8 Å². The molecule has 0 fully saturated rings. The number of amides is 1. The van der Waals surface area contributed by atoms with E-state index in [0.717, 1.165) is 27.0 Å². The maximum Gasteiger partial charge on any atom is 0.268 e. The zero-order valence-electron chi connectivity index (χ0n) is 16.3. The van der Waals surface area contributed by atoms with Gasteiger partial charge < -0.3 is 9.32 Å². The number of hydrogen-bond donors (Lipinski definition) is 0. The van der Waals surface area contributed by atoms with Gasteiger partial charge in [-0.3, -0.25) is 4.79 Å². The van der Waals surface area contributed by atoms with Crippen LogP contribution < -0.4 is 4.90 Å². The average Bonchev–Trinajstić information content (AvgIpc) is 3.41. The molecule has 0 spiro atoms. The Morgan fingerprint density at radius 1 is 0.931 bits per heavy atom. The maximum atomic E-state index is 13.1. The lowest BCUT2D eigenvalue weighted by atomic mass is 10.2. The third-order valence-corrected chi connectivity index (χ3v) is 6.30. The predicted molar refractivity (Wildman–Crippen MR) is 120 cm³/mol. The molecule has 2 aromatic carbocycles. The molecule has 4 rings (SSSR count). The summed E-state index contributed by atoms with van der Waals surface area (Å²) < 4.78 is 6.03. The summed E-state index contributed by atoms with van der Waals surface area (Å²) in [4.78, 5) is 16.7. The van der Waals surface area contributed by atoms with Crippen molar-refractivity contribution < 1.29 is 9.21 Å². The van der Waals surface area contributed by atoms with E-state index in [2.05, 4.69) is 31.2 Å². The van der Waals surface area contributed by atoms with Gasteiger partial charge in [-0.05, 0) is 61.7 Å². The molecule has 5 heteroatoms. The minimum atomic E-state index is -0.0204. The van der Waals surface area contributed by atoms with E-state index in [1.165, 1.54) is 16.9 Å². The number of hydrogen-bond acceptors (Lipinski definition) is 4. The van der Waals surface area contributed by atoms with E-state index in [0.29, 0.717) is 11.4 Å². The van der Waals surface area contributed by atoms with Crippen molar-refractivity contribution in [1.29, 1.82) is 0 Å². The summed E-state index contributed by atoms with van der Waals surface area (Å²) in [5.41, 5.74) is 3.25. The van der Waals surface area contributed by atoms with Gasteiger partial charge in [0.15, 0.2) is 5.09 Å². The van der Waals surface area contributed by atoms with Crippen LogP contribution in [0.3, 0.4) is 0 Å². The van der Waals surface area contributed by atoms with Crippen molar-refractivity contribution in [2.45, 2.75) is 30.4 Å². The zero-order valence-corrected chi connectivity index (χ0v) is 17.9. The first-order valence-electron chi connectivity index (χ1n) is 9.34. The molecule has 29 heavy (non-hydrogen) atoms. The molecule has 4 aromatic rings. The van der Waals surface area contributed by atoms with Crippen molar-refractivity contribution in [2.75, 3.05) is 4.90 Å². The summed E-state index contributed by atoms with van der Waals surface area (Å²) >= 11 is 3.03. The van der Waals surface area contributed by atoms with E-state index in [1.807, 2.05) is 60.8 Å². The van der Waals surface area contributed by atoms with Crippen LogP contribution in [0.5, 0.6) is 0 Å². The second-order valence-electron chi connectivity index (χ2n) is 6.84. The quantitative estimate of drug-likeness (QED) is 0.339. The fraction of sp³-hybridized carbons (Fsp3) is 0.125. The molecular weight excluding hydrogens is 398 g/mol. The van der Waals surface area contributed by atoms with Crippen LogP contribution in [0.4, 0.5) is 5.69 Å². The van der Waals surface area contributed by atoms with Gasteiger partial charge in [-0.15, -0.1) is 11.3 Å². The smallest absolute Gasteiger partial charge is 0.268 e. The lowest BCUT2D eigenvalue weighted by Gasteiger charge is -2.21. The van der Waals surface area contributed by atoms with E-state index < -0.39 is 0 Å². The minimum Gasteiger partial charge on any atom is -0.453 e. The average molecular weight is 420 g/mol. The van der Waals surface area contributed by atoms with Crippen LogP contribution in [-0.2, 0) is 6.54 Å². The highest BCUT2D eigenvalue weighted by molar-refractivity contribution is 7.99. The Bertz CT molecular complexity index is 1080. The molecule has 0 bridgehead atoms. The zero-order chi connectivity index (χ0) is 20.2. The SMILES string of the molecule is Cc1ccc(Sc2ccc(CN(C(=O)c3cccs3)c3ccc(C)cc3)o2)cc1. The highest BCUT2D eigenvalue weighted by atomic mass is 32.2. The standard InChI is InChI=1S/C24H21NO2S2/c1-17-5-9-19(10-6-17)25(24(26)22-4-3-15-28-22)16-20-11-14-23(27-20)29-21-12-7-18(2)8-13-21/h3-15H,16H2,1-2H3. The summed E-state index contributed by atoms with van der Waals surface area (Å²) in [6.07, 6.45) is 0. The van der Waals surface area contributed by atoms with Crippen molar-refractivity contribution >= 4 is 34.7 Å². The number of benzene rings is 2. The van der Waals surface area contributed by atoms with Gasteiger partial charge >= 0.3 is 0 Å². The summed E-state index contributed by atoms with van der Waals surface area (Å²) in [6.45, 7) is 4.49. The van der Waals surface area contributed by atoms with Crippen LogP contribution in [0.1, 0.15) is 26.6 Å². The van der Waals surface area contributed by atoms with Gasteiger partial charge in [0.25, 0.3) is 5.91 Å². The molecule has 0 aliphatic rings. The summed E-state index contributed by atoms with van der Waals surface area (Å²) in [6, 6.07) is 24.0. The molecule has 146 valence electrons. The summed E-state index contributed by atoms with van der Waals surface area (Å²) in [7, 11) is 0. The second kappa shape index (κ2) is 8.72. The van der Waals surface area contributed by atoms with Crippen LogP contribution in [-0.4, -0.2) is 5.91 Å². The maximum absolute atomic E-state index is 13.1. The number of thiophene rings is 1. The Morgan fingerprint density at radius 2 is 1.62 bits per heavy atom. The van der Waals surface area contributed by atoms with Crippen LogP contribution in [0.15, 0.2) is 92.6 Å². The second-order valence-corrected chi connectivity index (χ2v) is 8.87. The third kappa shape index (κ3) is 4.81. The van der Waals surface area contributed by atoms with Crippen molar-refractivity contribution in [2.24, 2.45) is 0 Å². The Labute approximate surface area is 179 Å². The molecule has 0 saturated heterocycles. The van der Waals surface area contributed by atoms with Gasteiger partial charge in [0.05, 0.1) is 11.4 Å². The molecule has 0 N–H and O–H groups in total. The molecule has 0 atom stereocenters. The number of carbonyl (C=O) groups excluding carboxylic acids is 1. The first kappa shape index (κ1) is 19.6. The van der Waals surface area contributed by atoms with Crippen molar-refractivity contribution in [3.63, 3.8) is 0 Å². The highest BCUT2D eigenvalue weighted by Gasteiger charge is 2.20. The lowest BCUT2D eigenvalue weighted by Crippen LogP contribution is -2.29. The molecule has 0 aliphatic heterocycles. The predicted octanol–water partition coefficient (Wildman–Crippen LogP) is 6.96. The number of rotatable bonds is 6. The molecule has 0 saturated carbocycles. The summed E-state index contributed by atoms with van der Waals surface area (Å²) in [5.74, 6) is 0.734. The number of nitrogens with zero attached hydrogens (tertiary/aromatic N) is 1. The van der Waals surface area contributed by atoms with E-state index in [1.54, 1.807) is 16.7 Å². The number of aryl methyl sites for hydroxylation is 2.